The third kappa shape index (κ3) is 2.94. The molecule has 1 nitrogen and oxygen atoms in total. The molecule has 34 valence electrons. The topological polar surface area (TPSA) is 20.2 Å². The van der Waals surface area contributed by atoms with Crippen molar-refractivity contribution in [2.45, 2.75) is 22.6 Å². The Hall–Kier alpha value is 0.726. The van der Waals surface area contributed by atoms with Crippen LogP contribution in [0.2, 0.25) is 5.05 Å². The molecule has 0 bridgehead atoms. The van der Waals surface area contributed by atoms with E-state index in [1.54, 1.807) is 0 Å². The summed E-state index contributed by atoms with van der Waals surface area (Å²) in [5.41, 5.74) is 0. The molecule has 0 heterocycles. The summed E-state index contributed by atoms with van der Waals surface area (Å²) in [7, 11) is 0. The first kappa shape index (κ1) is 6.73. The summed E-state index contributed by atoms with van der Waals surface area (Å²) in [4.78, 5) is 0. The second-order valence-corrected chi connectivity index (χ2v) is 3.23. The van der Waals surface area contributed by atoms with Crippen molar-refractivity contribution in [1.82, 2.24) is 0 Å². The molecule has 0 aliphatic heterocycles. The van der Waals surface area contributed by atoms with Gasteiger partial charge in [-0.1, -0.05) is 13.3 Å². The van der Waals surface area contributed by atoms with Crippen LogP contribution in [0.25, 0.3) is 0 Å². The van der Waals surface area contributed by atoms with Crippen LogP contribution in [-0.2, 0) is 0 Å². The molecule has 1 N–H and O–H groups in total. The second kappa shape index (κ2) is 3.90. The Bertz CT molecular complexity index is 26.7. The summed E-state index contributed by atoms with van der Waals surface area (Å²) in [5, 5.41) is 10.8. The van der Waals surface area contributed by atoms with Crippen molar-refractivity contribution in [3.8, 4) is 0 Å². The SMILES string of the molecule is CC[CH](O)[Mg][CH3]. The molecule has 0 aromatic rings. The first-order valence-corrected chi connectivity index (χ1v) is 4.72. The minimum Gasteiger partial charge on any atom is -0.421 e. The molecular weight excluding hydrogens is 88.3 g/mol. The van der Waals surface area contributed by atoms with Crippen molar-refractivity contribution in [1.29, 1.82) is 0 Å². The minimum absolute atomic E-state index is 0.0741. The summed E-state index contributed by atoms with van der Waals surface area (Å²) in [6.45, 7) is 2.02. The quantitative estimate of drug-likeness (QED) is 0.498. The molecule has 0 aromatic heterocycles. The van der Waals surface area contributed by atoms with Gasteiger partial charge in [0.2, 0.25) is 0 Å². The zero-order chi connectivity index (χ0) is 4.99. The molecule has 0 saturated carbocycles. The Morgan fingerprint density at radius 2 is 2.33 bits per heavy atom. The van der Waals surface area contributed by atoms with Crippen LogP contribution in [-0.4, -0.2) is 29.7 Å². The maximum atomic E-state index is 8.73. The van der Waals surface area contributed by atoms with Crippen LogP contribution in [0.15, 0.2) is 0 Å². The van der Waals surface area contributed by atoms with Crippen LogP contribution in [0.5, 0.6) is 0 Å². The molecular formula is C4H10MgO. The number of hydrogen-bond acceptors (Lipinski definition) is 1. The molecule has 0 saturated heterocycles. The van der Waals surface area contributed by atoms with Crippen molar-refractivity contribution in [3.05, 3.63) is 0 Å². The van der Waals surface area contributed by atoms with Gasteiger partial charge < -0.3 is 5.11 Å². The second-order valence-electron chi connectivity index (χ2n) is 1.47. The van der Waals surface area contributed by atoms with Gasteiger partial charge in [0, 0.05) is 0 Å². The van der Waals surface area contributed by atoms with Gasteiger partial charge in [0.25, 0.3) is 0 Å². The lowest BCUT2D eigenvalue weighted by atomic mass is 10.5. The van der Waals surface area contributed by atoms with Gasteiger partial charge in [-0.25, -0.2) is 0 Å². The van der Waals surface area contributed by atoms with E-state index >= 15 is 0 Å². The maximum Gasteiger partial charge on any atom is 0.405 e. The van der Waals surface area contributed by atoms with Crippen LogP contribution in [0.4, 0.5) is 0 Å². The minimum atomic E-state index is -0.106. The van der Waals surface area contributed by atoms with E-state index in [4.69, 9.17) is 5.11 Å². The molecule has 0 fully saturated rings. The number of rotatable bonds is 2. The Kier molecular flexibility index (Phi) is 4.37. The van der Waals surface area contributed by atoms with Crippen LogP contribution >= 0.6 is 0 Å². The molecule has 0 amide bonds. The standard InChI is InChI=1S/C3H7O.CH3.Mg/c1-2-3-4;;/h3-4H,2H2,1H3;1H3;. The number of aliphatic hydroxyl groups is 1. The molecule has 6 heavy (non-hydrogen) atoms. The first-order valence-electron chi connectivity index (χ1n) is 2.49. The fraction of sp³-hybridized carbons (Fsp3) is 1.00. The normalized spacial score (nSPS) is 13.2. The summed E-state index contributed by atoms with van der Waals surface area (Å²) in [5.74, 6) is 0. The Balaban J connectivity index is 2.75. The van der Waals surface area contributed by atoms with Crippen LogP contribution < -0.4 is 0 Å². The van der Waals surface area contributed by atoms with Gasteiger partial charge in [-0.2, -0.15) is 5.05 Å². The van der Waals surface area contributed by atoms with E-state index in [2.05, 4.69) is 5.05 Å². The summed E-state index contributed by atoms with van der Waals surface area (Å²) < 4.78 is 0.0741. The Labute approximate surface area is 48.5 Å². The highest BCUT2D eigenvalue weighted by atomic mass is 24.5. The Morgan fingerprint density at radius 1 is 1.83 bits per heavy atom. The molecule has 2 heteroatoms. The van der Waals surface area contributed by atoms with Gasteiger partial charge in [0.05, 0.1) is 0 Å². The number of hydrogen-bond donors (Lipinski definition) is 1. The van der Waals surface area contributed by atoms with Crippen molar-refractivity contribution in [2.24, 2.45) is 0 Å². The van der Waals surface area contributed by atoms with Crippen molar-refractivity contribution in [2.75, 3.05) is 0 Å². The predicted molar refractivity (Wildman–Crippen MR) is 27.9 cm³/mol. The van der Waals surface area contributed by atoms with Gasteiger partial charge in [0.1, 0.15) is 0 Å². The van der Waals surface area contributed by atoms with Crippen molar-refractivity contribution < 1.29 is 5.11 Å². The highest BCUT2D eigenvalue weighted by molar-refractivity contribution is 6.35. The van der Waals surface area contributed by atoms with Crippen LogP contribution in [0.1, 0.15) is 13.3 Å². The van der Waals surface area contributed by atoms with Gasteiger partial charge in [-0.3, -0.25) is 0 Å². The Morgan fingerprint density at radius 3 is 2.33 bits per heavy atom. The highest BCUT2D eigenvalue weighted by Gasteiger charge is 1.96. The molecule has 0 spiro atoms. The van der Waals surface area contributed by atoms with E-state index < -0.39 is 0 Å². The van der Waals surface area contributed by atoms with Crippen molar-refractivity contribution >= 4 is 20.4 Å². The van der Waals surface area contributed by atoms with Crippen molar-refractivity contribution in [3.63, 3.8) is 0 Å². The molecule has 0 aromatic carbocycles. The van der Waals surface area contributed by atoms with E-state index in [1.807, 2.05) is 6.92 Å². The molecule has 0 radical (unpaired) electrons. The number of aliphatic hydroxyl groups excluding tert-OH is 1. The summed E-state index contributed by atoms with van der Waals surface area (Å²) >= 11 is -0.106. The van der Waals surface area contributed by atoms with Gasteiger partial charge in [-0.15, -0.1) is 0 Å². The molecule has 0 rings (SSSR count). The lowest BCUT2D eigenvalue weighted by Gasteiger charge is -1.97. The van der Waals surface area contributed by atoms with Gasteiger partial charge in [0.15, 0.2) is 0 Å². The zero-order valence-electron chi connectivity index (χ0n) is 4.44. The van der Waals surface area contributed by atoms with E-state index in [0.717, 1.165) is 6.42 Å². The third-order valence-electron chi connectivity index (χ3n) is 0.942. The summed E-state index contributed by atoms with van der Waals surface area (Å²) in [6.07, 6.45) is 0.947. The maximum absolute atomic E-state index is 8.73. The van der Waals surface area contributed by atoms with E-state index in [1.165, 1.54) is 0 Å². The largest absolute Gasteiger partial charge is 0.421 e. The molecule has 1 atom stereocenters. The average Bonchev–Trinajstić information content (AvgIpc) is 1.65. The summed E-state index contributed by atoms with van der Waals surface area (Å²) in [6, 6.07) is 0. The fourth-order valence-corrected chi connectivity index (χ4v) is 0.866. The lowest BCUT2D eigenvalue weighted by Crippen LogP contribution is -2.09. The zero-order valence-corrected chi connectivity index (χ0v) is 5.85. The monoisotopic (exact) mass is 98.1 g/mol. The smallest absolute Gasteiger partial charge is 0.405 e. The third-order valence-corrected chi connectivity index (χ3v) is 2.46. The first-order chi connectivity index (χ1) is 2.81. The lowest BCUT2D eigenvalue weighted by molar-refractivity contribution is 0.248. The molecule has 0 aliphatic carbocycles. The van der Waals surface area contributed by atoms with Crippen LogP contribution in [0, 0.1) is 0 Å². The van der Waals surface area contributed by atoms with Crippen LogP contribution in [0.3, 0.4) is 0 Å². The van der Waals surface area contributed by atoms with E-state index in [9.17, 15) is 0 Å². The van der Waals surface area contributed by atoms with E-state index in [-0.39, 0.29) is 24.6 Å². The van der Waals surface area contributed by atoms with Gasteiger partial charge in [-0.05, 0) is 4.23 Å². The average molecular weight is 98.4 g/mol. The predicted octanol–water partition coefficient (Wildman–Crippen LogP) is 0.467. The van der Waals surface area contributed by atoms with E-state index in [0.29, 0.717) is 0 Å². The highest BCUT2D eigenvalue weighted by Crippen LogP contribution is 1.83. The molecule has 0 aliphatic rings. The fourth-order valence-electron chi connectivity index (χ4n) is 0.289. The van der Waals surface area contributed by atoms with Gasteiger partial charge >= 0.3 is 20.4 Å². The molecule has 1 unspecified atom stereocenters.